The number of ether oxygens (including phenoxy) is 1. The van der Waals surface area contributed by atoms with Crippen LogP contribution in [-0.2, 0) is 9.59 Å². The standard InChI is InChI=1S/C13H15BrN2O5/c1-21-7-2-3-9(14)8(6-7)12(18)16-10(13(19)20)4-5-11(15)17/h2-3,6,10H,4-5H2,1H3,(H2,15,17)(H,16,18)(H,19,20). The van der Waals surface area contributed by atoms with Crippen molar-refractivity contribution in [1.82, 2.24) is 5.32 Å². The third kappa shape index (κ3) is 5.07. The summed E-state index contributed by atoms with van der Waals surface area (Å²) in [5.74, 6) is -1.98. The van der Waals surface area contributed by atoms with E-state index in [1.54, 1.807) is 12.1 Å². The Kier molecular flexibility index (Phi) is 6.16. The summed E-state index contributed by atoms with van der Waals surface area (Å²) in [5.41, 5.74) is 5.21. The number of rotatable bonds is 7. The Morgan fingerprint density at radius 2 is 2.10 bits per heavy atom. The van der Waals surface area contributed by atoms with Gasteiger partial charge in [0, 0.05) is 10.9 Å². The number of benzene rings is 1. The second-order valence-corrected chi connectivity index (χ2v) is 5.07. The number of carboxylic acid groups (broad SMARTS) is 1. The molecule has 2 amide bonds. The number of carbonyl (C=O) groups excluding carboxylic acids is 2. The van der Waals surface area contributed by atoms with Crippen molar-refractivity contribution in [3.63, 3.8) is 0 Å². The Bertz CT molecular complexity index is 561. The molecule has 1 aromatic rings. The zero-order chi connectivity index (χ0) is 16.0. The first kappa shape index (κ1) is 17.0. The van der Waals surface area contributed by atoms with Crippen LogP contribution in [0.3, 0.4) is 0 Å². The van der Waals surface area contributed by atoms with E-state index in [2.05, 4.69) is 21.2 Å². The quantitative estimate of drug-likeness (QED) is 0.669. The molecular formula is C13H15BrN2O5. The molecule has 1 unspecified atom stereocenters. The van der Waals surface area contributed by atoms with Crippen molar-refractivity contribution in [3.8, 4) is 5.75 Å². The molecule has 114 valence electrons. The van der Waals surface area contributed by atoms with Gasteiger partial charge in [-0.2, -0.15) is 0 Å². The number of hydrogen-bond donors (Lipinski definition) is 3. The molecule has 1 rings (SSSR count). The van der Waals surface area contributed by atoms with Crippen molar-refractivity contribution < 1.29 is 24.2 Å². The minimum Gasteiger partial charge on any atom is -0.497 e. The molecule has 0 fully saturated rings. The maximum absolute atomic E-state index is 12.1. The van der Waals surface area contributed by atoms with Crippen LogP contribution in [0.5, 0.6) is 5.75 Å². The monoisotopic (exact) mass is 358 g/mol. The Hall–Kier alpha value is -2.09. The van der Waals surface area contributed by atoms with E-state index in [-0.39, 0.29) is 18.4 Å². The van der Waals surface area contributed by atoms with E-state index in [9.17, 15) is 14.4 Å². The largest absolute Gasteiger partial charge is 0.497 e. The van der Waals surface area contributed by atoms with E-state index in [1.807, 2.05) is 0 Å². The van der Waals surface area contributed by atoms with Gasteiger partial charge in [0.2, 0.25) is 5.91 Å². The van der Waals surface area contributed by atoms with Crippen LogP contribution in [-0.4, -0.2) is 36.0 Å². The van der Waals surface area contributed by atoms with Gasteiger partial charge in [0.25, 0.3) is 5.91 Å². The van der Waals surface area contributed by atoms with Crippen LogP contribution in [0, 0.1) is 0 Å². The fraction of sp³-hybridized carbons (Fsp3) is 0.308. The molecule has 0 aliphatic carbocycles. The minimum atomic E-state index is -1.23. The number of hydrogen-bond acceptors (Lipinski definition) is 4. The number of aliphatic carboxylic acids is 1. The van der Waals surface area contributed by atoms with E-state index < -0.39 is 23.8 Å². The van der Waals surface area contributed by atoms with Crippen LogP contribution in [0.15, 0.2) is 22.7 Å². The maximum atomic E-state index is 12.1. The maximum Gasteiger partial charge on any atom is 0.326 e. The number of primary amides is 1. The molecule has 0 aliphatic heterocycles. The van der Waals surface area contributed by atoms with Gasteiger partial charge in [-0.25, -0.2) is 4.79 Å². The highest BCUT2D eigenvalue weighted by Gasteiger charge is 2.22. The molecule has 0 aliphatic rings. The van der Waals surface area contributed by atoms with Gasteiger partial charge in [-0.05, 0) is 40.5 Å². The van der Waals surface area contributed by atoms with Crippen LogP contribution >= 0.6 is 15.9 Å². The molecule has 0 bridgehead atoms. The third-order valence-corrected chi connectivity index (χ3v) is 3.39. The average Bonchev–Trinajstić information content (AvgIpc) is 2.43. The van der Waals surface area contributed by atoms with Gasteiger partial charge in [0.1, 0.15) is 11.8 Å². The van der Waals surface area contributed by atoms with Crippen LogP contribution in [0.4, 0.5) is 0 Å². The number of nitrogens with two attached hydrogens (primary N) is 1. The predicted octanol–water partition coefficient (Wildman–Crippen LogP) is 0.906. The minimum absolute atomic E-state index is 0.0714. The summed E-state index contributed by atoms with van der Waals surface area (Å²) in [6.45, 7) is 0. The SMILES string of the molecule is COc1ccc(Br)c(C(=O)NC(CCC(N)=O)C(=O)O)c1. The lowest BCUT2D eigenvalue weighted by atomic mass is 10.1. The molecule has 1 aromatic carbocycles. The van der Waals surface area contributed by atoms with Gasteiger partial charge >= 0.3 is 5.97 Å². The lowest BCUT2D eigenvalue weighted by molar-refractivity contribution is -0.139. The molecule has 0 spiro atoms. The summed E-state index contributed by atoms with van der Waals surface area (Å²) in [7, 11) is 1.46. The Morgan fingerprint density at radius 1 is 1.43 bits per heavy atom. The van der Waals surface area contributed by atoms with E-state index in [0.29, 0.717) is 10.2 Å². The summed E-state index contributed by atoms with van der Waals surface area (Å²) < 4.78 is 5.51. The molecule has 0 saturated heterocycles. The van der Waals surface area contributed by atoms with Crippen molar-refractivity contribution >= 4 is 33.7 Å². The first-order valence-electron chi connectivity index (χ1n) is 6.00. The first-order valence-corrected chi connectivity index (χ1v) is 6.80. The number of carboxylic acids is 1. The van der Waals surface area contributed by atoms with Gasteiger partial charge in [-0.15, -0.1) is 0 Å². The van der Waals surface area contributed by atoms with Crippen molar-refractivity contribution in [3.05, 3.63) is 28.2 Å². The molecule has 0 aromatic heterocycles. The highest BCUT2D eigenvalue weighted by Crippen LogP contribution is 2.22. The molecule has 7 nitrogen and oxygen atoms in total. The zero-order valence-electron chi connectivity index (χ0n) is 11.3. The van der Waals surface area contributed by atoms with Crippen molar-refractivity contribution in [1.29, 1.82) is 0 Å². The van der Waals surface area contributed by atoms with Crippen LogP contribution < -0.4 is 15.8 Å². The van der Waals surface area contributed by atoms with Gasteiger partial charge < -0.3 is 20.9 Å². The first-order chi connectivity index (χ1) is 9.85. The Labute approximate surface area is 129 Å². The summed E-state index contributed by atoms with van der Waals surface area (Å²) in [4.78, 5) is 33.9. The number of methoxy groups -OCH3 is 1. The van der Waals surface area contributed by atoms with Crippen molar-refractivity contribution in [2.24, 2.45) is 5.73 Å². The zero-order valence-corrected chi connectivity index (χ0v) is 12.8. The molecule has 8 heteroatoms. The molecule has 21 heavy (non-hydrogen) atoms. The molecule has 0 heterocycles. The molecule has 0 saturated carbocycles. The molecular weight excluding hydrogens is 344 g/mol. The molecule has 0 radical (unpaired) electrons. The number of halogens is 1. The van der Waals surface area contributed by atoms with Crippen LogP contribution in [0.25, 0.3) is 0 Å². The van der Waals surface area contributed by atoms with Gasteiger partial charge in [0.05, 0.1) is 12.7 Å². The van der Waals surface area contributed by atoms with Crippen molar-refractivity contribution in [2.75, 3.05) is 7.11 Å². The lowest BCUT2D eigenvalue weighted by Crippen LogP contribution is -2.41. The van der Waals surface area contributed by atoms with Crippen LogP contribution in [0.2, 0.25) is 0 Å². The third-order valence-electron chi connectivity index (χ3n) is 2.70. The van der Waals surface area contributed by atoms with Gasteiger partial charge in [-0.3, -0.25) is 9.59 Å². The Morgan fingerprint density at radius 3 is 2.62 bits per heavy atom. The Balaban J connectivity index is 2.86. The lowest BCUT2D eigenvalue weighted by Gasteiger charge is -2.14. The second kappa shape index (κ2) is 7.63. The predicted molar refractivity (Wildman–Crippen MR) is 78.0 cm³/mol. The summed E-state index contributed by atoms with van der Waals surface area (Å²) in [5, 5.41) is 11.4. The fourth-order valence-electron chi connectivity index (χ4n) is 1.59. The van der Waals surface area contributed by atoms with E-state index in [0.717, 1.165) is 0 Å². The highest BCUT2D eigenvalue weighted by molar-refractivity contribution is 9.10. The number of nitrogens with one attached hydrogen (secondary N) is 1. The normalized spacial score (nSPS) is 11.5. The van der Waals surface area contributed by atoms with Gasteiger partial charge in [-0.1, -0.05) is 0 Å². The van der Waals surface area contributed by atoms with Crippen molar-refractivity contribution in [2.45, 2.75) is 18.9 Å². The molecule has 4 N–H and O–H groups in total. The number of amides is 2. The van der Waals surface area contributed by atoms with E-state index >= 15 is 0 Å². The van der Waals surface area contributed by atoms with Crippen LogP contribution in [0.1, 0.15) is 23.2 Å². The highest BCUT2D eigenvalue weighted by atomic mass is 79.9. The summed E-state index contributed by atoms with van der Waals surface area (Å²) >= 11 is 3.21. The summed E-state index contributed by atoms with van der Waals surface area (Å²) in [6, 6.07) is 3.56. The average molecular weight is 359 g/mol. The summed E-state index contributed by atoms with van der Waals surface area (Å²) in [6.07, 6.45) is -0.200. The smallest absolute Gasteiger partial charge is 0.326 e. The van der Waals surface area contributed by atoms with E-state index in [4.69, 9.17) is 15.6 Å². The van der Waals surface area contributed by atoms with Gasteiger partial charge in [0.15, 0.2) is 0 Å². The topological polar surface area (TPSA) is 119 Å². The molecule has 1 atom stereocenters. The number of carbonyl (C=O) groups is 3. The fourth-order valence-corrected chi connectivity index (χ4v) is 2.01. The second-order valence-electron chi connectivity index (χ2n) is 4.22. The van der Waals surface area contributed by atoms with E-state index in [1.165, 1.54) is 13.2 Å².